The van der Waals surface area contributed by atoms with Crippen LogP contribution in [0.3, 0.4) is 0 Å². The maximum atomic E-state index is 12.2. The fraction of sp³-hybridized carbons (Fsp3) is 0.652. The summed E-state index contributed by atoms with van der Waals surface area (Å²) in [6, 6.07) is 8.34. The lowest BCUT2D eigenvalue weighted by atomic mass is 9.87. The van der Waals surface area contributed by atoms with E-state index in [1.54, 1.807) is 0 Å². The van der Waals surface area contributed by atoms with E-state index in [-0.39, 0.29) is 17.2 Å². The maximum absolute atomic E-state index is 12.2. The Morgan fingerprint density at radius 2 is 1.79 bits per heavy atom. The van der Waals surface area contributed by atoms with E-state index in [0.717, 1.165) is 13.0 Å². The highest BCUT2D eigenvalue weighted by Gasteiger charge is 2.17. The Morgan fingerprint density at radius 1 is 1.07 bits per heavy atom. The number of rotatable bonds is 8. The van der Waals surface area contributed by atoms with Crippen LogP contribution in [0.2, 0.25) is 0 Å². The predicted octanol–water partition coefficient (Wildman–Crippen LogP) is 3.48. The van der Waals surface area contributed by atoms with Crippen LogP contribution in [0.25, 0.3) is 0 Å². The summed E-state index contributed by atoms with van der Waals surface area (Å²) in [5.74, 6) is -0.137. The molecule has 2 amide bonds. The summed E-state index contributed by atoms with van der Waals surface area (Å²) >= 11 is 0. The van der Waals surface area contributed by atoms with E-state index in [1.165, 1.54) is 31.4 Å². The van der Waals surface area contributed by atoms with Crippen molar-refractivity contribution in [2.75, 3.05) is 26.2 Å². The van der Waals surface area contributed by atoms with E-state index in [0.29, 0.717) is 31.1 Å². The summed E-state index contributed by atoms with van der Waals surface area (Å²) in [6.07, 6.45) is 5.19. The van der Waals surface area contributed by atoms with Crippen molar-refractivity contribution in [3.8, 4) is 0 Å². The lowest BCUT2D eigenvalue weighted by Gasteiger charge is -2.33. The number of nitrogens with one attached hydrogen (secondary N) is 2. The van der Waals surface area contributed by atoms with Crippen LogP contribution in [-0.2, 0) is 10.2 Å². The summed E-state index contributed by atoms with van der Waals surface area (Å²) < 4.78 is 0. The fourth-order valence-corrected chi connectivity index (χ4v) is 3.60. The molecular weight excluding hydrogens is 350 g/mol. The van der Waals surface area contributed by atoms with Gasteiger partial charge in [-0.3, -0.25) is 9.59 Å². The van der Waals surface area contributed by atoms with E-state index < -0.39 is 0 Å². The number of amides is 2. The van der Waals surface area contributed by atoms with Gasteiger partial charge in [0.15, 0.2) is 0 Å². The number of likely N-dealkylation sites (tertiary alicyclic amines) is 1. The molecule has 5 heteroatoms. The Kier molecular flexibility index (Phi) is 8.49. The van der Waals surface area contributed by atoms with Crippen LogP contribution >= 0.6 is 0 Å². The summed E-state index contributed by atoms with van der Waals surface area (Å²) in [6.45, 7) is 12.0. The van der Waals surface area contributed by atoms with Crippen molar-refractivity contribution >= 4 is 11.8 Å². The molecule has 0 radical (unpaired) electrons. The van der Waals surface area contributed by atoms with Gasteiger partial charge in [0.05, 0.1) is 0 Å². The number of piperidine rings is 1. The van der Waals surface area contributed by atoms with Gasteiger partial charge in [0.1, 0.15) is 0 Å². The topological polar surface area (TPSA) is 61.4 Å². The van der Waals surface area contributed by atoms with Gasteiger partial charge in [-0.2, -0.15) is 0 Å². The Morgan fingerprint density at radius 3 is 2.43 bits per heavy atom. The van der Waals surface area contributed by atoms with Gasteiger partial charge in [-0.25, -0.2) is 0 Å². The minimum Gasteiger partial charge on any atom is -0.356 e. The number of carbonyl (C=O) groups is 2. The molecule has 0 aromatic heterocycles. The molecule has 0 bridgehead atoms. The quantitative estimate of drug-likeness (QED) is 0.671. The summed E-state index contributed by atoms with van der Waals surface area (Å²) in [5.41, 5.74) is 1.89. The van der Waals surface area contributed by atoms with Gasteiger partial charge < -0.3 is 15.5 Å². The SMILES string of the molecule is C[C@@H]1CCCCN1CCCNC(=O)CCNC(=O)c1ccc(C(C)(C)C)cc1. The predicted molar refractivity (Wildman–Crippen MR) is 115 cm³/mol. The van der Waals surface area contributed by atoms with Crippen LogP contribution in [0.1, 0.15) is 75.7 Å². The molecule has 0 spiro atoms. The normalized spacial score (nSPS) is 17.9. The zero-order valence-electron chi connectivity index (χ0n) is 18.0. The second-order valence-electron chi connectivity index (χ2n) is 8.92. The van der Waals surface area contributed by atoms with E-state index in [2.05, 4.69) is 43.2 Å². The van der Waals surface area contributed by atoms with Crippen molar-refractivity contribution in [2.45, 2.75) is 71.3 Å². The molecule has 1 aliphatic heterocycles. The van der Waals surface area contributed by atoms with Crippen molar-refractivity contribution in [3.63, 3.8) is 0 Å². The average Bonchev–Trinajstić information content (AvgIpc) is 2.66. The first-order valence-corrected chi connectivity index (χ1v) is 10.7. The lowest BCUT2D eigenvalue weighted by molar-refractivity contribution is -0.120. The highest BCUT2D eigenvalue weighted by molar-refractivity contribution is 5.94. The molecular formula is C23H37N3O2. The van der Waals surface area contributed by atoms with Crippen molar-refractivity contribution in [1.29, 1.82) is 0 Å². The standard InChI is InChI=1S/C23H37N3O2/c1-18-8-5-6-16-26(18)17-7-14-24-21(27)13-15-25-22(28)19-9-11-20(12-10-19)23(2,3)4/h9-12,18H,5-8,13-17H2,1-4H3,(H,24,27)(H,25,28)/t18-/m1/s1. The van der Waals surface area contributed by atoms with Gasteiger partial charge >= 0.3 is 0 Å². The monoisotopic (exact) mass is 387 g/mol. The van der Waals surface area contributed by atoms with Crippen LogP contribution in [0.4, 0.5) is 0 Å². The molecule has 1 aromatic rings. The second kappa shape index (κ2) is 10.6. The molecule has 0 saturated carbocycles. The molecule has 2 rings (SSSR count). The number of benzene rings is 1. The summed E-state index contributed by atoms with van der Waals surface area (Å²) in [5, 5.41) is 5.79. The number of hydrogen-bond donors (Lipinski definition) is 2. The summed E-state index contributed by atoms with van der Waals surface area (Å²) in [7, 11) is 0. The third-order valence-electron chi connectivity index (χ3n) is 5.54. The maximum Gasteiger partial charge on any atom is 0.251 e. The molecule has 1 aliphatic rings. The van der Waals surface area contributed by atoms with Crippen molar-refractivity contribution in [3.05, 3.63) is 35.4 Å². The number of nitrogens with zero attached hydrogens (tertiary/aromatic N) is 1. The Balaban J connectivity index is 1.60. The van der Waals surface area contributed by atoms with E-state index in [9.17, 15) is 9.59 Å². The Hall–Kier alpha value is -1.88. The smallest absolute Gasteiger partial charge is 0.251 e. The molecule has 1 heterocycles. The van der Waals surface area contributed by atoms with Gasteiger partial charge in [-0.1, -0.05) is 39.3 Å². The zero-order valence-corrected chi connectivity index (χ0v) is 18.0. The Bertz CT molecular complexity index is 634. The number of carbonyl (C=O) groups excluding carboxylic acids is 2. The van der Waals surface area contributed by atoms with Crippen LogP contribution in [-0.4, -0.2) is 48.9 Å². The van der Waals surface area contributed by atoms with Gasteiger partial charge in [-0.05, 0) is 55.8 Å². The van der Waals surface area contributed by atoms with Crippen molar-refractivity contribution in [1.82, 2.24) is 15.5 Å². The van der Waals surface area contributed by atoms with Gasteiger partial charge in [-0.15, -0.1) is 0 Å². The van der Waals surface area contributed by atoms with Crippen LogP contribution in [0.5, 0.6) is 0 Å². The molecule has 0 unspecified atom stereocenters. The average molecular weight is 388 g/mol. The zero-order chi connectivity index (χ0) is 20.6. The van der Waals surface area contributed by atoms with Crippen molar-refractivity contribution < 1.29 is 9.59 Å². The second-order valence-corrected chi connectivity index (χ2v) is 8.92. The fourth-order valence-electron chi connectivity index (χ4n) is 3.60. The minimum absolute atomic E-state index is 0.00456. The molecule has 156 valence electrons. The highest BCUT2D eigenvalue weighted by atomic mass is 16.2. The number of hydrogen-bond acceptors (Lipinski definition) is 3. The van der Waals surface area contributed by atoms with Gasteiger partial charge in [0, 0.05) is 37.7 Å². The Labute approximate surface area is 170 Å². The van der Waals surface area contributed by atoms with Gasteiger partial charge in [0.25, 0.3) is 5.91 Å². The molecule has 1 aromatic carbocycles. The van der Waals surface area contributed by atoms with Crippen molar-refractivity contribution in [2.24, 2.45) is 0 Å². The molecule has 0 aliphatic carbocycles. The van der Waals surface area contributed by atoms with E-state index in [1.807, 2.05) is 24.3 Å². The molecule has 1 fully saturated rings. The van der Waals surface area contributed by atoms with Gasteiger partial charge in [0.2, 0.25) is 5.91 Å². The first kappa shape index (κ1) is 22.4. The first-order chi connectivity index (χ1) is 13.3. The highest BCUT2D eigenvalue weighted by Crippen LogP contribution is 2.22. The lowest BCUT2D eigenvalue weighted by Crippen LogP contribution is -2.39. The van der Waals surface area contributed by atoms with E-state index in [4.69, 9.17) is 0 Å². The first-order valence-electron chi connectivity index (χ1n) is 10.7. The van der Waals surface area contributed by atoms with Crippen LogP contribution in [0.15, 0.2) is 24.3 Å². The minimum atomic E-state index is -0.132. The molecule has 1 saturated heterocycles. The third-order valence-corrected chi connectivity index (χ3v) is 5.54. The summed E-state index contributed by atoms with van der Waals surface area (Å²) in [4.78, 5) is 26.7. The third kappa shape index (κ3) is 7.27. The molecule has 5 nitrogen and oxygen atoms in total. The molecule has 28 heavy (non-hydrogen) atoms. The van der Waals surface area contributed by atoms with E-state index >= 15 is 0 Å². The largest absolute Gasteiger partial charge is 0.356 e. The molecule has 2 N–H and O–H groups in total. The van der Waals surface area contributed by atoms with Crippen LogP contribution < -0.4 is 10.6 Å². The van der Waals surface area contributed by atoms with Crippen LogP contribution in [0, 0.1) is 0 Å². The molecule has 1 atom stereocenters.